The summed E-state index contributed by atoms with van der Waals surface area (Å²) in [5.41, 5.74) is 1.60. The average Bonchev–Trinajstić information content (AvgIpc) is 3.13. The van der Waals surface area contributed by atoms with E-state index < -0.39 is 15.9 Å². The standard InChI is InChI=1S/C19H20N2O5S/c1-21(27(23,24)10-9-15-5-3-2-4-6-15)13-19(22)20-12-16-7-8-17-18(11-16)26-14-25-17/h2-11H,12-14H2,1H3,(H,20,22)/b10-9+. The van der Waals surface area contributed by atoms with Gasteiger partial charge in [-0.15, -0.1) is 0 Å². The Hall–Kier alpha value is -2.84. The first-order chi connectivity index (χ1) is 12.9. The van der Waals surface area contributed by atoms with E-state index in [1.807, 2.05) is 24.3 Å². The molecule has 0 aliphatic carbocycles. The first kappa shape index (κ1) is 18.9. The van der Waals surface area contributed by atoms with Crippen molar-refractivity contribution in [2.75, 3.05) is 20.4 Å². The summed E-state index contributed by atoms with van der Waals surface area (Å²) in [6.07, 6.45) is 1.50. The molecule has 8 heteroatoms. The van der Waals surface area contributed by atoms with Gasteiger partial charge in [-0.05, 0) is 29.3 Å². The lowest BCUT2D eigenvalue weighted by molar-refractivity contribution is -0.121. The molecule has 0 bridgehead atoms. The van der Waals surface area contributed by atoms with Crippen molar-refractivity contribution in [3.05, 3.63) is 65.1 Å². The Bertz CT molecular complexity index is 942. The molecule has 0 fully saturated rings. The number of carbonyl (C=O) groups is 1. The number of hydrogen-bond acceptors (Lipinski definition) is 5. The fourth-order valence-corrected chi connectivity index (χ4v) is 3.27. The van der Waals surface area contributed by atoms with Crippen molar-refractivity contribution in [3.8, 4) is 11.5 Å². The minimum atomic E-state index is -3.69. The van der Waals surface area contributed by atoms with Crippen molar-refractivity contribution >= 4 is 22.0 Å². The van der Waals surface area contributed by atoms with E-state index >= 15 is 0 Å². The molecule has 27 heavy (non-hydrogen) atoms. The molecule has 0 aromatic heterocycles. The van der Waals surface area contributed by atoms with Crippen molar-refractivity contribution in [2.45, 2.75) is 6.54 Å². The number of ether oxygens (including phenoxy) is 2. The summed E-state index contributed by atoms with van der Waals surface area (Å²) in [5.74, 6) is 0.903. The molecule has 0 radical (unpaired) electrons. The SMILES string of the molecule is CN(CC(=O)NCc1ccc2c(c1)OCO2)S(=O)(=O)/C=C/c1ccccc1. The predicted octanol–water partition coefficient (Wildman–Crippen LogP) is 1.96. The third-order valence-corrected chi connectivity index (χ3v) is 5.44. The topological polar surface area (TPSA) is 84.9 Å². The summed E-state index contributed by atoms with van der Waals surface area (Å²) in [5, 5.41) is 3.79. The largest absolute Gasteiger partial charge is 0.454 e. The quantitative estimate of drug-likeness (QED) is 0.784. The Morgan fingerprint density at radius 2 is 1.89 bits per heavy atom. The molecule has 0 unspecified atom stereocenters. The zero-order chi connectivity index (χ0) is 19.3. The molecule has 0 spiro atoms. The molecular weight excluding hydrogens is 368 g/mol. The summed E-state index contributed by atoms with van der Waals surface area (Å²) in [6, 6.07) is 14.5. The lowest BCUT2D eigenvalue weighted by Crippen LogP contribution is -2.37. The smallest absolute Gasteiger partial charge is 0.236 e. The van der Waals surface area contributed by atoms with Gasteiger partial charge in [0, 0.05) is 19.0 Å². The number of hydrogen-bond donors (Lipinski definition) is 1. The van der Waals surface area contributed by atoms with E-state index in [2.05, 4.69) is 5.32 Å². The zero-order valence-corrected chi connectivity index (χ0v) is 15.6. The third kappa shape index (κ3) is 5.08. The Morgan fingerprint density at radius 1 is 1.15 bits per heavy atom. The lowest BCUT2D eigenvalue weighted by atomic mass is 10.2. The lowest BCUT2D eigenvalue weighted by Gasteiger charge is -2.14. The summed E-state index contributed by atoms with van der Waals surface area (Å²) in [4.78, 5) is 12.1. The molecule has 1 amide bonds. The van der Waals surface area contributed by atoms with Crippen molar-refractivity contribution in [1.29, 1.82) is 0 Å². The van der Waals surface area contributed by atoms with Crippen LogP contribution in [0.4, 0.5) is 0 Å². The second-order valence-electron chi connectivity index (χ2n) is 5.98. The van der Waals surface area contributed by atoms with Gasteiger partial charge in [0.05, 0.1) is 6.54 Å². The maximum absolute atomic E-state index is 12.3. The number of amides is 1. The Morgan fingerprint density at radius 3 is 2.67 bits per heavy atom. The highest BCUT2D eigenvalue weighted by Crippen LogP contribution is 2.32. The fraction of sp³-hybridized carbons (Fsp3) is 0.211. The average molecular weight is 388 g/mol. The van der Waals surface area contributed by atoms with Crippen LogP contribution in [0, 0.1) is 0 Å². The summed E-state index contributed by atoms with van der Waals surface area (Å²) >= 11 is 0. The van der Waals surface area contributed by atoms with Crippen molar-refractivity contribution in [1.82, 2.24) is 9.62 Å². The van der Waals surface area contributed by atoms with E-state index in [1.54, 1.807) is 24.3 Å². The van der Waals surface area contributed by atoms with E-state index in [0.717, 1.165) is 20.8 Å². The highest BCUT2D eigenvalue weighted by Gasteiger charge is 2.18. The van der Waals surface area contributed by atoms with Gasteiger partial charge in [0.25, 0.3) is 0 Å². The van der Waals surface area contributed by atoms with E-state index in [1.165, 1.54) is 13.1 Å². The van der Waals surface area contributed by atoms with Crippen LogP contribution in [-0.2, 0) is 21.4 Å². The Labute approximate surface area is 158 Å². The number of nitrogens with one attached hydrogen (secondary N) is 1. The number of fused-ring (bicyclic) bond motifs is 1. The molecule has 2 aromatic carbocycles. The molecule has 0 atom stereocenters. The van der Waals surface area contributed by atoms with Crippen LogP contribution in [0.5, 0.6) is 11.5 Å². The first-order valence-corrected chi connectivity index (χ1v) is 9.79. The van der Waals surface area contributed by atoms with Crippen LogP contribution < -0.4 is 14.8 Å². The summed E-state index contributed by atoms with van der Waals surface area (Å²) < 4.78 is 36.1. The second kappa shape index (κ2) is 8.24. The number of likely N-dealkylation sites (N-methyl/N-ethyl adjacent to an activating group) is 1. The molecule has 1 N–H and O–H groups in total. The van der Waals surface area contributed by atoms with Crippen LogP contribution in [0.25, 0.3) is 6.08 Å². The van der Waals surface area contributed by atoms with Crippen LogP contribution in [-0.4, -0.2) is 39.0 Å². The Kier molecular flexibility index (Phi) is 5.78. The second-order valence-corrected chi connectivity index (χ2v) is 7.90. The minimum absolute atomic E-state index is 0.185. The van der Waals surface area contributed by atoms with Crippen LogP contribution in [0.3, 0.4) is 0 Å². The van der Waals surface area contributed by atoms with Gasteiger partial charge in [-0.25, -0.2) is 8.42 Å². The number of rotatable bonds is 7. The van der Waals surface area contributed by atoms with Gasteiger partial charge in [-0.2, -0.15) is 4.31 Å². The van der Waals surface area contributed by atoms with E-state index in [-0.39, 0.29) is 19.9 Å². The van der Waals surface area contributed by atoms with Gasteiger partial charge in [0.1, 0.15) is 0 Å². The van der Waals surface area contributed by atoms with E-state index in [4.69, 9.17) is 9.47 Å². The first-order valence-electron chi connectivity index (χ1n) is 8.29. The molecular formula is C19H20N2O5S. The van der Waals surface area contributed by atoms with Crippen LogP contribution in [0.2, 0.25) is 0 Å². The monoisotopic (exact) mass is 388 g/mol. The van der Waals surface area contributed by atoms with Gasteiger partial charge in [-0.1, -0.05) is 36.4 Å². The number of sulfonamides is 1. The molecule has 142 valence electrons. The predicted molar refractivity (Wildman–Crippen MR) is 101 cm³/mol. The number of carbonyl (C=O) groups excluding carboxylic acids is 1. The molecule has 3 rings (SSSR count). The van der Waals surface area contributed by atoms with Crippen LogP contribution >= 0.6 is 0 Å². The van der Waals surface area contributed by atoms with Gasteiger partial charge < -0.3 is 14.8 Å². The van der Waals surface area contributed by atoms with Crippen LogP contribution in [0.1, 0.15) is 11.1 Å². The molecule has 1 aliphatic heterocycles. The summed E-state index contributed by atoms with van der Waals surface area (Å²) in [6.45, 7) is 0.180. The fourth-order valence-electron chi connectivity index (χ4n) is 2.43. The van der Waals surface area contributed by atoms with Gasteiger partial charge >= 0.3 is 0 Å². The van der Waals surface area contributed by atoms with Crippen molar-refractivity contribution in [3.63, 3.8) is 0 Å². The third-order valence-electron chi connectivity index (χ3n) is 3.96. The highest BCUT2D eigenvalue weighted by atomic mass is 32.2. The molecule has 0 saturated heterocycles. The minimum Gasteiger partial charge on any atom is -0.454 e. The normalized spacial score (nSPS) is 13.3. The number of nitrogens with zero attached hydrogens (tertiary/aromatic N) is 1. The van der Waals surface area contributed by atoms with Gasteiger partial charge in [0.2, 0.25) is 22.7 Å². The molecule has 1 heterocycles. The van der Waals surface area contributed by atoms with E-state index in [0.29, 0.717) is 11.5 Å². The molecule has 1 aliphatic rings. The van der Waals surface area contributed by atoms with Crippen LogP contribution in [0.15, 0.2) is 53.9 Å². The van der Waals surface area contributed by atoms with E-state index in [9.17, 15) is 13.2 Å². The van der Waals surface area contributed by atoms with Crippen molar-refractivity contribution in [2.24, 2.45) is 0 Å². The summed E-state index contributed by atoms with van der Waals surface area (Å²) in [7, 11) is -2.32. The maximum Gasteiger partial charge on any atom is 0.236 e. The van der Waals surface area contributed by atoms with Gasteiger partial charge in [-0.3, -0.25) is 4.79 Å². The number of benzene rings is 2. The molecule has 0 saturated carbocycles. The zero-order valence-electron chi connectivity index (χ0n) is 14.8. The van der Waals surface area contributed by atoms with Gasteiger partial charge in [0.15, 0.2) is 11.5 Å². The molecule has 2 aromatic rings. The highest BCUT2D eigenvalue weighted by molar-refractivity contribution is 7.92. The molecule has 7 nitrogen and oxygen atoms in total. The maximum atomic E-state index is 12.3. The Balaban J connectivity index is 1.53. The van der Waals surface area contributed by atoms with Crippen molar-refractivity contribution < 1.29 is 22.7 Å².